The molecule has 0 atom stereocenters. The van der Waals surface area contributed by atoms with E-state index < -0.39 is 0 Å². The molecule has 0 saturated heterocycles. The zero-order chi connectivity index (χ0) is 8.10. The molecule has 1 aromatic carbocycles. The Bertz CT molecular complexity index is 216. The lowest BCUT2D eigenvalue weighted by atomic mass is 10.3. The van der Waals surface area contributed by atoms with Crippen LogP contribution in [0.25, 0.3) is 0 Å². The molecule has 1 rings (SSSR count). The van der Waals surface area contributed by atoms with Crippen LogP contribution in [-0.2, 0) is 0 Å². The van der Waals surface area contributed by atoms with Crippen molar-refractivity contribution >= 4 is 46.4 Å². The van der Waals surface area contributed by atoms with E-state index in [4.69, 9.17) is 5.73 Å². The maximum Gasteiger partial charge on any atom is 0.0341 e. The van der Waals surface area contributed by atoms with Gasteiger partial charge >= 0.3 is 0 Å². The first kappa shape index (κ1) is 15.5. The Morgan fingerprint density at radius 3 is 2.15 bits per heavy atom. The monoisotopic (exact) mass is 286 g/mol. The van der Waals surface area contributed by atoms with Gasteiger partial charge < -0.3 is 11.1 Å². The molecule has 0 heterocycles. The summed E-state index contributed by atoms with van der Waals surface area (Å²) in [5.74, 6) is 0. The first-order chi connectivity index (χ1) is 5.33. The van der Waals surface area contributed by atoms with Gasteiger partial charge in [-0.2, -0.15) is 0 Å². The van der Waals surface area contributed by atoms with Gasteiger partial charge in [0, 0.05) is 23.2 Å². The zero-order valence-corrected chi connectivity index (χ0v) is 10.2. The van der Waals surface area contributed by atoms with Gasteiger partial charge in [0.1, 0.15) is 0 Å². The summed E-state index contributed by atoms with van der Waals surface area (Å²) in [5, 5.41) is 3.18. The molecule has 0 unspecified atom stereocenters. The summed E-state index contributed by atoms with van der Waals surface area (Å²) in [6, 6.07) is 8.02. The highest BCUT2D eigenvalue weighted by Crippen LogP contribution is 2.13. The van der Waals surface area contributed by atoms with Gasteiger partial charge in [-0.1, -0.05) is 15.9 Å². The van der Waals surface area contributed by atoms with Crippen molar-refractivity contribution in [2.24, 2.45) is 5.73 Å². The van der Waals surface area contributed by atoms with Crippen molar-refractivity contribution in [1.29, 1.82) is 0 Å². The minimum atomic E-state index is 0. The summed E-state index contributed by atoms with van der Waals surface area (Å²) < 4.78 is 1.09. The molecular formula is C8H13BrCl2N2. The van der Waals surface area contributed by atoms with Crippen LogP contribution in [0.4, 0.5) is 5.69 Å². The summed E-state index contributed by atoms with van der Waals surface area (Å²) in [6.45, 7) is 1.48. The minimum Gasteiger partial charge on any atom is -0.384 e. The van der Waals surface area contributed by atoms with E-state index in [0.717, 1.165) is 16.7 Å². The van der Waals surface area contributed by atoms with E-state index >= 15 is 0 Å². The number of nitrogens with two attached hydrogens (primary N) is 1. The molecule has 0 spiro atoms. The molecule has 2 nitrogen and oxygen atoms in total. The molecule has 1 aromatic rings. The lowest BCUT2D eigenvalue weighted by Crippen LogP contribution is -2.12. The zero-order valence-electron chi connectivity index (χ0n) is 7.00. The van der Waals surface area contributed by atoms with Crippen molar-refractivity contribution < 1.29 is 0 Å². The summed E-state index contributed by atoms with van der Waals surface area (Å²) >= 11 is 3.36. The highest BCUT2D eigenvalue weighted by molar-refractivity contribution is 9.10. The van der Waals surface area contributed by atoms with Gasteiger partial charge in [-0.15, -0.1) is 24.8 Å². The maximum absolute atomic E-state index is 5.33. The Kier molecular flexibility index (Phi) is 10.3. The summed E-state index contributed by atoms with van der Waals surface area (Å²) in [4.78, 5) is 0. The molecule has 0 fully saturated rings. The SMILES string of the molecule is Cl.Cl.NCCNc1ccc(Br)cc1. The number of rotatable bonds is 3. The highest BCUT2D eigenvalue weighted by atomic mass is 79.9. The second-order valence-corrected chi connectivity index (χ2v) is 3.14. The quantitative estimate of drug-likeness (QED) is 0.897. The molecule has 0 aliphatic rings. The third-order valence-corrected chi connectivity index (χ3v) is 1.85. The van der Waals surface area contributed by atoms with Gasteiger partial charge in [-0.25, -0.2) is 0 Å². The molecule has 0 saturated carbocycles. The van der Waals surface area contributed by atoms with Gasteiger partial charge in [-0.3, -0.25) is 0 Å². The summed E-state index contributed by atoms with van der Waals surface area (Å²) in [6.07, 6.45) is 0. The predicted molar refractivity (Wildman–Crippen MR) is 66.2 cm³/mol. The van der Waals surface area contributed by atoms with Crippen molar-refractivity contribution in [1.82, 2.24) is 0 Å². The maximum atomic E-state index is 5.33. The van der Waals surface area contributed by atoms with Gasteiger partial charge in [0.15, 0.2) is 0 Å². The Morgan fingerprint density at radius 1 is 1.15 bits per heavy atom. The van der Waals surface area contributed by atoms with Crippen LogP contribution in [0.2, 0.25) is 0 Å². The van der Waals surface area contributed by atoms with E-state index in [1.807, 2.05) is 24.3 Å². The number of anilines is 1. The van der Waals surface area contributed by atoms with Crippen LogP contribution < -0.4 is 11.1 Å². The smallest absolute Gasteiger partial charge is 0.0341 e. The van der Waals surface area contributed by atoms with Gasteiger partial charge in [0.25, 0.3) is 0 Å². The molecule has 0 bridgehead atoms. The van der Waals surface area contributed by atoms with Crippen LogP contribution >= 0.6 is 40.7 Å². The van der Waals surface area contributed by atoms with E-state index in [9.17, 15) is 0 Å². The fraction of sp³-hybridized carbons (Fsp3) is 0.250. The Labute approximate surface area is 99.2 Å². The lowest BCUT2D eigenvalue weighted by Gasteiger charge is -2.03. The average Bonchev–Trinajstić information content (AvgIpc) is 2.04. The average molecular weight is 288 g/mol. The van der Waals surface area contributed by atoms with E-state index in [0.29, 0.717) is 6.54 Å². The first-order valence-corrected chi connectivity index (χ1v) is 4.32. The fourth-order valence-corrected chi connectivity index (χ4v) is 1.05. The van der Waals surface area contributed by atoms with Crippen molar-refractivity contribution in [3.63, 3.8) is 0 Å². The van der Waals surface area contributed by atoms with Crippen LogP contribution in [0, 0.1) is 0 Å². The third kappa shape index (κ3) is 6.16. The Balaban J connectivity index is 0. The molecule has 0 amide bonds. The molecule has 0 aromatic heterocycles. The number of hydrogen-bond acceptors (Lipinski definition) is 2. The molecule has 3 N–H and O–H groups in total. The topological polar surface area (TPSA) is 38.0 Å². The fourth-order valence-electron chi connectivity index (χ4n) is 0.784. The van der Waals surface area contributed by atoms with Crippen molar-refractivity contribution in [2.75, 3.05) is 18.4 Å². The van der Waals surface area contributed by atoms with Crippen LogP contribution in [0.15, 0.2) is 28.7 Å². The van der Waals surface area contributed by atoms with Crippen molar-refractivity contribution in [3.8, 4) is 0 Å². The number of nitrogens with one attached hydrogen (secondary N) is 1. The third-order valence-electron chi connectivity index (χ3n) is 1.32. The van der Waals surface area contributed by atoms with E-state index in [-0.39, 0.29) is 24.8 Å². The van der Waals surface area contributed by atoms with E-state index in [1.54, 1.807) is 0 Å². The molecule has 13 heavy (non-hydrogen) atoms. The second kappa shape index (κ2) is 8.63. The molecule has 0 aliphatic heterocycles. The van der Waals surface area contributed by atoms with E-state index in [1.165, 1.54) is 0 Å². The van der Waals surface area contributed by atoms with Gasteiger partial charge in [-0.05, 0) is 24.3 Å². The van der Waals surface area contributed by atoms with Crippen LogP contribution in [0.1, 0.15) is 0 Å². The van der Waals surface area contributed by atoms with Gasteiger partial charge in [0.2, 0.25) is 0 Å². The summed E-state index contributed by atoms with van der Waals surface area (Å²) in [5.41, 5.74) is 6.44. The second-order valence-electron chi connectivity index (χ2n) is 2.22. The van der Waals surface area contributed by atoms with Crippen molar-refractivity contribution in [2.45, 2.75) is 0 Å². The standard InChI is InChI=1S/C8H11BrN2.2ClH/c9-7-1-3-8(4-2-7)11-6-5-10;;/h1-4,11H,5-6,10H2;2*1H. The Hall–Kier alpha value is 0.0400. The van der Waals surface area contributed by atoms with E-state index in [2.05, 4.69) is 21.2 Å². The highest BCUT2D eigenvalue weighted by Gasteiger charge is 1.88. The van der Waals surface area contributed by atoms with Crippen LogP contribution in [0.5, 0.6) is 0 Å². The number of halogens is 3. The normalized spacial score (nSPS) is 8.15. The lowest BCUT2D eigenvalue weighted by molar-refractivity contribution is 1.02. The summed E-state index contributed by atoms with van der Waals surface area (Å²) in [7, 11) is 0. The minimum absolute atomic E-state index is 0. The largest absolute Gasteiger partial charge is 0.384 e. The van der Waals surface area contributed by atoms with Crippen molar-refractivity contribution in [3.05, 3.63) is 28.7 Å². The Morgan fingerprint density at radius 2 is 1.69 bits per heavy atom. The molecular weight excluding hydrogens is 275 g/mol. The first-order valence-electron chi connectivity index (χ1n) is 3.52. The molecule has 0 aliphatic carbocycles. The van der Waals surface area contributed by atoms with Gasteiger partial charge in [0.05, 0.1) is 0 Å². The molecule has 76 valence electrons. The number of benzene rings is 1. The predicted octanol–water partition coefficient (Wildman–Crippen LogP) is 2.66. The number of hydrogen-bond donors (Lipinski definition) is 2. The van der Waals surface area contributed by atoms with Crippen LogP contribution in [-0.4, -0.2) is 13.1 Å². The molecule has 0 radical (unpaired) electrons. The van der Waals surface area contributed by atoms with Crippen LogP contribution in [0.3, 0.4) is 0 Å². The molecule has 5 heteroatoms.